The van der Waals surface area contributed by atoms with E-state index in [9.17, 15) is 24.0 Å². The molecule has 2 heterocycles. The van der Waals surface area contributed by atoms with E-state index in [-0.39, 0.29) is 50.0 Å². The number of amides is 5. The summed E-state index contributed by atoms with van der Waals surface area (Å²) in [5.74, 6) is -4.87. The van der Waals surface area contributed by atoms with Gasteiger partial charge in [0.05, 0.1) is 37.3 Å². The first-order valence-electron chi connectivity index (χ1n) is 10.1. The van der Waals surface area contributed by atoms with Crippen LogP contribution in [-0.4, -0.2) is 61.6 Å². The van der Waals surface area contributed by atoms with Crippen molar-refractivity contribution in [2.24, 2.45) is 5.73 Å². The fourth-order valence-corrected chi connectivity index (χ4v) is 6.33. The topological polar surface area (TPSA) is 121 Å². The lowest BCUT2D eigenvalue weighted by molar-refractivity contribution is -0.166. The molecular formula is C21H22Cl4N4O5. The molecule has 184 valence electrons. The average Bonchev–Trinajstić information content (AvgIpc) is 2.93. The molecule has 0 bridgehead atoms. The summed E-state index contributed by atoms with van der Waals surface area (Å²) in [5, 5.41) is 0.140. The summed E-state index contributed by atoms with van der Waals surface area (Å²) in [7, 11) is 0. The zero-order chi connectivity index (χ0) is 26.1. The van der Waals surface area contributed by atoms with E-state index in [1.54, 1.807) is 32.6 Å². The highest BCUT2D eigenvalue weighted by molar-refractivity contribution is 6.55. The highest BCUT2D eigenvalue weighted by Crippen LogP contribution is 2.47. The summed E-state index contributed by atoms with van der Waals surface area (Å²) < 4.78 is 0. The summed E-state index contributed by atoms with van der Waals surface area (Å²) >= 11 is 24.5. The molecule has 0 radical (unpaired) electrons. The number of rotatable bonds is 2. The van der Waals surface area contributed by atoms with Gasteiger partial charge in [-0.25, -0.2) is 5.01 Å². The first-order valence-corrected chi connectivity index (χ1v) is 11.7. The van der Waals surface area contributed by atoms with Gasteiger partial charge in [0.15, 0.2) is 0 Å². The number of benzene rings is 1. The lowest BCUT2D eigenvalue weighted by atomic mass is 9.76. The fourth-order valence-electron chi connectivity index (χ4n) is 5.32. The van der Waals surface area contributed by atoms with Crippen molar-refractivity contribution in [3.63, 3.8) is 0 Å². The molecule has 13 heteroatoms. The molecule has 0 aliphatic carbocycles. The molecule has 1 fully saturated rings. The maximum absolute atomic E-state index is 13.4. The Morgan fingerprint density at radius 3 is 1.56 bits per heavy atom. The minimum absolute atomic E-state index is 0.130. The van der Waals surface area contributed by atoms with E-state index in [2.05, 4.69) is 0 Å². The number of likely N-dealkylation sites (tertiary alicyclic amines) is 1. The van der Waals surface area contributed by atoms with Crippen molar-refractivity contribution < 1.29 is 24.0 Å². The van der Waals surface area contributed by atoms with E-state index in [0.717, 1.165) is 5.01 Å². The fraction of sp³-hybridized carbons (Fsp3) is 0.476. The molecule has 1 aromatic carbocycles. The van der Waals surface area contributed by atoms with E-state index in [1.165, 1.54) is 6.92 Å². The van der Waals surface area contributed by atoms with Gasteiger partial charge in [0.2, 0.25) is 5.91 Å². The average molecular weight is 552 g/mol. The van der Waals surface area contributed by atoms with Gasteiger partial charge in [0, 0.05) is 18.0 Å². The van der Waals surface area contributed by atoms with Crippen LogP contribution < -0.4 is 5.73 Å². The Labute approximate surface area is 216 Å². The van der Waals surface area contributed by atoms with E-state index in [0.29, 0.717) is 5.01 Å². The SMILES string of the molecule is CC(=O)N1C(C)(C)CC(N(C(=O)C(N)=O)N2C(=O)c3c(Cl)c(Cl)c(Cl)c(Cl)c3C2=O)CC1(C)C. The first kappa shape index (κ1) is 26.5. The largest absolute Gasteiger partial charge is 0.361 e. The zero-order valence-corrected chi connectivity index (χ0v) is 22.0. The van der Waals surface area contributed by atoms with Crippen LogP contribution in [-0.2, 0) is 14.4 Å². The van der Waals surface area contributed by atoms with Crippen LogP contribution >= 0.6 is 46.4 Å². The van der Waals surface area contributed by atoms with Gasteiger partial charge < -0.3 is 10.6 Å². The normalized spacial score (nSPS) is 19.3. The van der Waals surface area contributed by atoms with E-state index in [4.69, 9.17) is 52.1 Å². The van der Waals surface area contributed by atoms with Gasteiger partial charge in [-0.05, 0) is 40.5 Å². The van der Waals surface area contributed by atoms with Crippen LogP contribution in [0.1, 0.15) is 68.2 Å². The molecule has 1 saturated heterocycles. The number of hydrazine groups is 1. The van der Waals surface area contributed by atoms with Crippen molar-refractivity contribution in [1.82, 2.24) is 14.9 Å². The minimum atomic E-state index is -1.38. The molecule has 0 spiro atoms. The Morgan fingerprint density at radius 1 is 0.853 bits per heavy atom. The number of nitrogens with zero attached hydrogens (tertiary/aromatic N) is 3. The zero-order valence-electron chi connectivity index (χ0n) is 19.0. The Kier molecular flexibility index (Phi) is 6.67. The van der Waals surface area contributed by atoms with Crippen molar-refractivity contribution in [3.8, 4) is 0 Å². The highest BCUT2D eigenvalue weighted by Gasteiger charge is 2.54. The van der Waals surface area contributed by atoms with Crippen molar-refractivity contribution in [2.45, 2.75) is 64.6 Å². The molecular weight excluding hydrogens is 530 g/mol. The predicted molar refractivity (Wildman–Crippen MR) is 127 cm³/mol. The second-order valence-corrected chi connectivity index (χ2v) is 11.0. The molecule has 9 nitrogen and oxygen atoms in total. The number of carbonyl (C=O) groups is 5. The number of hydrogen-bond acceptors (Lipinski definition) is 5. The third-order valence-electron chi connectivity index (χ3n) is 6.06. The van der Waals surface area contributed by atoms with E-state index >= 15 is 0 Å². The summed E-state index contributed by atoms with van der Waals surface area (Å²) in [5.41, 5.74) is 2.99. The Morgan fingerprint density at radius 2 is 1.24 bits per heavy atom. The first-order chi connectivity index (χ1) is 15.5. The molecule has 0 unspecified atom stereocenters. The number of hydrogen-bond donors (Lipinski definition) is 1. The summed E-state index contributed by atoms with van der Waals surface area (Å²) in [6, 6.07) is -0.869. The van der Waals surface area contributed by atoms with Gasteiger partial charge >= 0.3 is 11.8 Å². The number of halogens is 4. The standard InChI is InChI=1S/C21H22Cl4N4O5/c1-8(30)29-20(2,3)6-9(7-21(29,4)5)27(19(34)16(26)31)28-17(32)10-11(18(28)33)13(23)15(25)14(24)12(10)22/h9H,6-7H2,1-5H3,(H2,26,31). The molecule has 0 saturated carbocycles. The van der Waals surface area contributed by atoms with Crippen LogP contribution in [0.25, 0.3) is 0 Å². The van der Waals surface area contributed by atoms with Gasteiger partial charge in [-0.2, -0.15) is 5.01 Å². The molecule has 34 heavy (non-hydrogen) atoms. The van der Waals surface area contributed by atoms with E-state index in [1.807, 2.05) is 0 Å². The monoisotopic (exact) mass is 550 g/mol. The third kappa shape index (κ3) is 3.92. The second-order valence-electron chi connectivity index (χ2n) is 9.48. The molecule has 3 rings (SSSR count). The summed E-state index contributed by atoms with van der Waals surface area (Å²) in [6.45, 7) is 8.56. The third-order valence-corrected chi connectivity index (χ3v) is 7.86. The molecule has 1 aromatic rings. The molecule has 2 N–H and O–H groups in total. The highest BCUT2D eigenvalue weighted by atomic mass is 35.5. The summed E-state index contributed by atoms with van der Waals surface area (Å²) in [4.78, 5) is 65.9. The van der Waals surface area contributed by atoms with Crippen molar-refractivity contribution in [3.05, 3.63) is 31.2 Å². The molecule has 2 aliphatic heterocycles. The second kappa shape index (κ2) is 8.55. The van der Waals surface area contributed by atoms with Crippen LogP contribution in [0.15, 0.2) is 0 Å². The van der Waals surface area contributed by atoms with E-state index < -0.39 is 40.7 Å². The number of imide groups is 1. The minimum Gasteiger partial charge on any atom is -0.361 e. The molecule has 2 aliphatic rings. The van der Waals surface area contributed by atoms with Crippen LogP contribution in [0, 0.1) is 0 Å². The maximum Gasteiger partial charge on any atom is 0.330 e. The molecule has 0 aromatic heterocycles. The lowest BCUT2D eigenvalue weighted by Crippen LogP contribution is -2.68. The number of primary amides is 1. The molecule has 0 atom stereocenters. The summed E-state index contributed by atoms with van der Waals surface area (Å²) in [6.07, 6.45) is 0.261. The number of nitrogens with two attached hydrogens (primary N) is 1. The van der Waals surface area contributed by atoms with Crippen molar-refractivity contribution >= 4 is 75.9 Å². The quantitative estimate of drug-likeness (QED) is 0.260. The van der Waals surface area contributed by atoms with Gasteiger partial charge in [0.1, 0.15) is 0 Å². The van der Waals surface area contributed by atoms with Gasteiger partial charge in [-0.1, -0.05) is 46.4 Å². The Bertz CT molecular complexity index is 1100. The number of piperidine rings is 1. The number of fused-ring (bicyclic) bond motifs is 1. The lowest BCUT2D eigenvalue weighted by Gasteiger charge is -2.56. The maximum atomic E-state index is 13.4. The van der Waals surface area contributed by atoms with Crippen LogP contribution in [0.3, 0.4) is 0 Å². The van der Waals surface area contributed by atoms with Crippen molar-refractivity contribution in [2.75, 3.05) is 0 Å². The van der Waals surface area contributed by atoms with Crippen LogP contribution in [0.5, 0.6) is 0 Å². The number of carbonyl (C=O) groups excluding carboxylic acids is 5. The Balaban J connectivity index is 2.18. The predicted octanol–water partition coefficient (Wildman–Crippen LogP) is 3.69. The Hall–Kier alpha value is -2.07. The van der Waals surface area contributed by atoms with Gasteiger partial charge in [-0.3, -0.25) is 24.0 Å². The van der Waals surface area contributed by atoms with Gasteiger partial charge in [-0.15, -0.1) is 0 Å². The smallest absolute Gasteiger partial charge is 0.330 e. The van der Waals surface area contributed by atoms with Crippen LogP contribution in [0.4, 0.5) is 0 Å². The van der Waals surface area contributed by atoms with Crippen LogP contribution in [0.2, 0.25) is 20.1 Å². The van der Waals surface area contributed by atoms with Gasteiger partial charge in [0.25, 0.3) is 11.8 Å². The van der Waals surface area contributed by atoms with Crippen molar-refractivity contribution in [1.29, 1.82) is 0 Å². The molecule has 5 amide bonds.